The first kappa shape index (κ1) is 16.7. The van der Waals surface area contributed by atoms with Crippen molar-refractivity contribution in [3.05, 3.63) is 0 Å². The lowest BCUT2D eigenvalue weighted by molar-refractivity contribution is -0.156. The molecule has 2 aliphatic heterocycles. The fourth-order valence-corrected chi connectivity index (χ4v) is 3.12. The third kappa shape index (κ3) is 6.32. The summed E-state index contributed by atoms with van der Waals surface area (Å²) < 4.78 is 5.39. The van der Waals surface area contributed by atoms with Gasteiger partial charge in [0.2, 0.25) is 0 Å². The Morgan fingerprint density at radius 3 is 2.24 bits per heavy atom. The molecule has 1 N–H and O–H groups in total. The summed E-state index contributed by atoms with van der Waals surface area (Å²) in [6.07, 6.45) is 2.61. The van der Waals surface area contributed by atoms with Crippen molar-refractivity contribution in [2.75, 3.05) is 52.4 Å². The van der Waals surface area contributed by atoms with Crippen LogP contribution in [0.25, 0.3) is 0 Å². The maximum Gasteiger partial charge on any atom is 0.320 e. The molecule has 0 aromatic rings. The van der Waals surface area contributed by atoms with E-state index in [0.29, 0.717) is 6.54 Å². The van der Waals surface area contributed by atoms with Crippen LogP contribution in [0.4, 0.5) is 0 Å². The zero-order valence-electron chi connectivity index (χ0n) is 13.9. The van der Waals surface area contributed by atoms with E-state index in [9.17, 15) is 4.79 Å². The molecule has 0 aromatic carbocycles. The highest BCUT2D eigenvalue weighted by Gasteiger charge is 2.24. The van der Waals surface area contributed by atoms with Crippen molar-refractivity contribution in [1.82, 2.24) is 15.1 Å². The lowest BCUT2D eigenvalue weighted by atomic mass is 9.97. The lowest BCUT2D eigenvalue weighted by Crippen LogP contribution is -2.50. The van der Waals surface area contributed by atoms with E-state index in [1.165, 1.54) is 32.5 Å². The molecule has 5 heteroatoms. The quantitative estimate of drug-likeness (QED) is 0.783. The molecule has 0 atom stereocenters. The van der Waals surface area contributed by atoms with Gasteiger partial charge in [-0.1, -0.05) is 0 Å². The average molecular weight is 297 g/mol. The summed E-state index contributed by atoms with van der Waals surface area (Å²) >= 11 is 0. The summed E-state index contributed by atoms with van der Waals surface area (Å²) in [5.41, 5.74) is -0.381. The van der Waals surface area contributed by atoms with Crippen LogP contribution in [-0.4, -0.2) is 73.7 Å². The maximum atomic E-state index is 11.8. The summed E-state index contributed by atoms with van der Waals surface area (Å²) in [7, 11) is 0. The molecule has 2 aliphatic rings. The topological polar surface area (TPSA) is 44.8 Å². The fraction of sp³-hybridized carbons (Fsp3) is 0.938. The highest BCUT2D eigenvalue weighted by molar-refractivity contribution is 5.72. The molecule has 0 bridgehead atoms. The van der Waals surface area contributed by atoms with E-state index in [4.69, 9.17) is 4.74 Å². The van der Waals surface area contributed by atoms with Gasteiger partial charge in [0, 0.05) is 32.7 Å². The summed E-state index contributed by atoms with van der Waals surface area (Å²) in [5, 5.41) is 3.42. The molecule has 0 aromatic heterocycles. The minimum Gasteiger partial charge on any atom is -0.459 e. The Hall–Kier alpha value is -0.650. The number of nitrogens with zero attached hydrogens (tertiary/aromatic N) is 2. The predicted octanol–water partition coefficient (Wildman–Crippen LogP) is 0.945. The van der Waals surface area contributed by atoms with Crippen molar-refractivity contribution in [1.29, 1.82) is 0 Å². The van der Waals surface area contributed by atoms with Gasteiger partial charge >= 0.3 is 5.97 Å². The van der Waals surface area contributed by atoms with Crippen LogP contribution in [0.15, 0.2) is 0 Å². The summed E-state index contributed by atoms with van der Waals surface area (Å²) in [6, 6.07) is 0. The van der Waals surface area contributed by atoms with Crippen molar-refractivity contribution in [3.63, 3.8) is 0 Å². The van der Waals surface area contributed by atoms with Crippen LogP contribution < -0.4 is 5.32 Å². The first-order valence-corrected chi connectivity index (χ1v) is 8.30. The highest BCUT2D eigenvalue weighted by atomic mass is 16.6. The molecule has 2 saturated heterocycles. The Bertz CT molecular complexity index is 327. The van der Waals surface area contributed by atoms with Crippen LogP contribution in [0.5, 0.6) is 0 Å². The van der Waals surface area contributed by atoms with Gasteiger partial charge in [0.05, 0.1) is 6.54 Å². The number of ether oxygens (including phenoxy) is 1. The first-order chi connectivity index (χ1) is 9.92. The molecule has 0 spiro atoms. The molecule has 21 heavy (non-hydrogen) atoms. The number of carbonyl (C=O) groups excluding carboxylic acids is 1. The third-order valence-corrected chi connectivity index (χ3v) is 4.21. The lowest BCUT2D eigenvalue weighted by Gasteiger charge is -2.37. The number of piperazine rings is 1. The first-order valence-electron chi connectivity index (χ1n) is 8.30. The minimum atomic E-state index is -0.381. The van der Waals surface area contributed by atoms with E-state index >= 15 is 0 Å². The van der Waals surface area contributed by atoms with E-state index < -0.39 is 0 Å². The molecule has 122 valence electrons. The van der Waals surface area contributed by atoms with Gasteiger partial charge in [0.1, 0.15) is 5.60 Å². The van der Waals surface area contributed by atoms with Crippen molar-refractivity contribution in [3.8, 4) is 0 Å². The van der Waals surface area contributed by atoms with Gasteiger partial charge in [0.15, 0.2) is 0 Å². The molecule has 0 aliphatic carbocycles. The van der Waals surface area contributed by atoms with Gasteiger partial charge in [-0.25, -0.2) is 0 Å². The van der Waals surface area contributed by atoms with Gasteiger partial charge in [-0.05, 0) is 52.6 Å². The van der Waals surface area contributed by atoms with E-state index in [-0.39, 0.29) is 11.6 Å². The zero-order chi connectivity index (χ0) is 15.3. The monoisotopic (exact) mass is 297 g/mol. The molecule has 2 fully saturated rings. The van der Waals surface area contributed by atoms with Crippen LogP contribution >= 0.6 is 0 Å². The molecular formula is C16H31N3O2. The predicted molar refractivity (Wildman–Crippen MR) is 84.3 cm³/mol. The Morgan fingerprint density at radius 2 is 1.67 bits per heavy atom. The van der Waals surface area contributed by atoms with Gasteiger partial charge in [-0.3, -0.25) is 9.69 Å². The Labute approximate surface area is 129 Å². The third-order valence-electron chi connectivity index (χ3n) is 4.21. The molecule has 2 heterocycles. The second kappa shape index (κ2) is 7.56. The van der Waals surface area contributed by atoms with Crippen LogP contribution in [0.1, 0.15) is 33.6 Å². The van der Waals surface area contributed by atoms with Crippen molar-refractivity contribution in [2.45, 2.75) is 39.2 Å². The molecule has 0 radical (unpaired) electrons. The second-order valence-corrected chi connectivity index (χ2v) is 7.36. The number of esters is 1. The van der Waals surface area contributed by atoms with Crippen LogP contribution in [0.2, 0.25) is 0 Å². The standard InChI is InChI=1S/C16H31N3O2/c1-16(2,3)21-15(20)13-19-10-8-18(9-11-19)12-14-4-6-17-7-5-14/h14,17H,4-13H2,1-3H3. The van der Waals surface area contributed by atoms with Gasteiger partial charge in [-0.15, -0.1) is 0 Å². The van der Waals surface area contributed by atoms with E-state index in [0.717, 1.165) is 32.1 Å². The summed E-state index contributed by atoms with van der Waals surface area (Å²) in [4.78, 5) is 16.6. The summed E-state index contributed by atoms with van der Waals surface area (Å²) in [5.74, 6) is 0.748. The number of hydrogen-bond acceptors (Lipinski definition) is 5. The number of carbonyl (C=O) groups is 1. The average Bonchev–Trinajstić information content (AvgIpc) is 2.40. The highest BCUT2D eigenvalue weighted by Crippen LogP contribution is 2.15. The smallest absolute Gasteiger partial charge is 0.320 e. The minimum absolute atomic E-state index is 0.102. The summed E-state index contributed by atoms with van der Waals surface area (Å²) in [6.45, 7) is 13.9. The molecule has 0 amide bonds. The van der Waals surface area contributed by atoms with E-state index in [1.807, 2.05) is 20.8 Å². The Kier molecular flexibility index (Phi) is 6.02. The van der Waals surface area contributed by atoms with E-state index in [2.05, 4.69) is 15.1 Å². The molecular weight excluding hydrogens is 266 g/mol. The Balaban J connectivity index is 1.64. The maximum absolute atomic E-state index is 11.8. The number of nitrogens with one attached hydrogen (secondary N) is 1. The van der Waals surface area contributed by atoms with Crippen molar-refractivity contribution >= 4 is 5.97 Å². The SMILES string of the molecule is CC(C)(C)OC(=O)CN1CCN(CC2CCNCC2)CC1. The van der Waals surface area contributed by atoms with Crippen molar-refractivity contribution < 1.29 is 9.53 Å². The fourth-order valence-electron chi connectivity index (χ4n) is 3.12. The number of hydrogen-bond donors (Lipinski definition) is 1. The van der Waals surface area contributed by atoms with Gasteiger partial charge in [0.25, 0.3) is 0 Å². The largest absolute Gasteiger partial charge is 0.459 e. The van der Waals surface area contributed by atoms with Crippen LogP contribution in [0, 0.1) is 5.92 Å². The van der Waals surface area contributed by atoms with Crippen LogP contribution in [0.3, 0.4) is 0 Å². The Morgan fingerprint density at radius 1 is 1.10 bits per heavy atom. The van der Waals surface area contributed by atoms with Gasteiger partial charge < -0.3 is 15.0 Å². The van der Waals surface area contributed by atoms with Gasteiger partial charge in [-0.2, -0.15) is 0 Å². The number of piperidine rings is 1. The number of rotatable bonds is 4. The molecule has 0 saturated carbocycles. The van der Waals surface area contributed by atoms with E-state index in [1.54, 1.807) is 0 Å². The van der Waals surface area contributed by atoms with Crippen molar-refractivity contribution in [2.24, 2.45) is 5.92 Å². The normalized spacial score (nSPS) is 23.2. The molecule has 5 nitrogen and oxygen atoms in total. The molecule has 0 unspecified atom stereocenters. The van der Waals surface area contributed by atoms with Crippen LogP contribution in [-0.2, 0) is 9.53 Å². The second-order valence-electron chi connectivity index (χ2n) is 7.36. The zero-order valence-corrected chi connectivity index (χ0v) is 13.9. The molecule has 2 rings (SSSR count).